The number of phenols is 1. The molecule has 0 bridgehead atoms. The summed E-state index contributed by atoms with van der Waals surface area (Å²) in [5, 5.41) is 13.1. The molecule has 2 aromatic rings. The maximum absolute atomic E-state index is 11.9. The molecule has 116 valence electrons. The Labute approximate surface area is 138 Å². The first-order valence-electron chi connectivity index (χ1n) is 6.62. The van der Waals surface area contributed by atoms with Gasteiger partial charge in [-0.3, -0.25) is 4.79 Å². The monoisotopic (exact) mass is 339 g/mol. The van der Waals surface area contributed by atoms with E-state index in [-0.39, 0.29) is 24.3 Å². The summed E-state index contributed by atoms with van der Waals surface area (Å²) in [6.45, 7) is 1.66. The van der Waals surface area contributed by atoms with Crippen molar-refractivity contribution >= 4 is 29.1 Å². The third kappa shape index (κ3) is 4.55. The Kier molecular flexibility index (Phi) is 5.52. The molecule has 1 atom stereocenters. The Balaban J connectivity index is 1.90. The highest BCUT2D eigenvalue weighted by molar-refractivity contribution is 6.35. The Morgan fingerprint density at radius 3 is 2.73 bits per heavy atom. The molecule has 22 heavy (non-hydrogen) atoms. The fourth-order valence-electron chi connectivity index (χ4n) is 1.90. The molecule has 0 radical (unpaired) electrons. The molecule has 4 nitrogen and oxygen atoms in total. The molecular weight excluding hydrogens is 325 g/mol. The van der Waals surface area contributed by atoms with Crippen molar-refractivity contribution in [3.63, 3.8) is 0 Å². The van der Waals surface area contributed by atoms with Crippen LogP contribution in [0.5, 0.6) is 11.5 Å². The van der Waals surface area contributed by atoms with Gasteiger partial charge in [-0.1, -0.05) is 35.3 Å². The molecule has 0 saturated carbocycles. The predicted octanol–water partition coefficient (Wildman–Crippen LogP) is 3.96. The molecule has 2 rings (SSSR count). The van der Waals surface area contributed by atoms with Crippen molar-refractivity contribution in [3.8, 4) is 11.5 Å². The highest BCUT2D eigenvalue weighted by Crippen LogP contribution is 2.27. The lowest BCUT2D eigenvalue weighted by Crippen LogP contribution is -2.31. The highest BCUT2D eigenvalue weighted by Gasteiger charge is 2.11. The Bertz CT molecular complexity index is 676. The second-order valence-electron chi connectivity index (χ2n) is 4.75. The number of aromatic hydroxyl groups is 1. The third-order valence-electron chi connectivity index (χ3n) is 3.00. The molecule has 0 aromatic heterocycles. The quantitative estimate of drug-likeness (QED) is 0.866. The van der Waals surface area contributed by atoms with Crippen LogP contribution >= 0.6 is 23.2 Å². The van der Waals surface area contributed by atoms with E-state index in [9.17, 15) is 9.90 Å². The van der Waals surface area contributed by atoms with Crippen LogP contribution in [0.3, 0.4) is 0 Å². The lowest BCUT2D eigenvalue weighted by Gasteiger charge is -2.15. The van der Waals surface area contributed by atoms with Crippen molar-refractivity contribution in [1.82, 2.24) is 5.32 Å². The number of hydrogen-bond donors (Lipinski definition) is 2. The Morgan fingerprint density at radius 1 is 1.27 bits per heavy atom. The zero-order chi connectivity index (χ0) is 16.1. The normalized spacial score (nSPS) is 11.8. The number of hydrogen-bond acceptors (Lipinski definition) is 3. The fraction of sp³-hybridized carbons (Fsp3) is 0.188. The van der Waals surface area contributed by atoms with Crippen LogP contribution in [-0.2, 0) is 4.79 Å². The second-order valence-corrected chi connectivity index (χ2v) is 5.59. The molecule has 0 fully saturated rings. The van der Waals surface area contributed by atoms with Crippen LogP contribution < -0.4 is 10.1 Å². The van der Waals surface area contributed by atoms with E-state index in [1.807, 2.05) is 13.0 Å². The molecule has 0 aliphatic carbocycles. The van der Waals surface area contributed by atoms with Gasteiger partial charge in [0.15, 0.2) is 6.61 Å². The molecule has 0 saturated heterocycles. The minimum atomic E-state index is -0.290. The average molecular weight is 340 g/mol. The van der Waals surface area contributed by atoms with E-state index in [1.54, 1.807) is 36.4 Å². The van der Waals surface area contributed by atoms with Gasteiger partial charge in [-0.25, -0.2) is 0 Å². The van der Waals surface area contributed by atoms with Crippen LogP contribution in [0.1, 0.15) is 18.5 Å². The number of nitrogens with one attached hydrogen (secondary N) is 1. The van der Waals surface area contributed by atoms with Gasteiger partial charge >= 0.3 is 0 Å². The van der Waals surface area contributed by atoms with Gasteiger partial charge in [0.25, 0.3) is 5.91 Å². The SMILES string of the molecule is C[C@H](NC(=O)COc1ccc(Cl)cc1Cl)c1cccc(O)c1. The van der Waals surface area contributed by atoms with Crippen molar-refractivity contribution < 1.29 is 14.6 Å². The third-order valence-corrected chi connectivity index (χ3v) is 3.53. The maximum Gasteiger partial charge on any atom is 0.258 e. The molecule has 0 aliphatic rings. The van der Waals surface area contributed by atoms with Crippen LogP contribution in [0.2, 0.25) is 10.0 Å². The lowest BCUT2D eigenvalue weighted by atomic mass is 10.1. The van der Waals surface area contributed by atoms with Crippen molar-refractivity contribution in [3.05, 3.63) is 58.1 Å². The largest absolute Gasteiger partial charge is 0.508 e. The first-order chi connectivity index (χ1) is 10.5. The molecule has 0 aliphatic heterocycles. The van der Waals surface area contributed by atoms with Crippen molar-refractivity contribution in [2.75, 3.05) is 6.61 Å². The minimum Gasteiger partial charge on any atom is -0.508 e. The number of carbonyl (C=O) groups is 1. The summed E-state index contributed by atoms with van der Waals surface area (Å²) in [7, 11) is 0. The van der Waals surface area contributed by atoms with Gasteiger partial charge in [0.2, 0.25) is 0 Å². The van der Waals surface area contributed by atoms with E-state index in [2.05, 4.69) is 5.32 Å². The number of benzene rings is 2. The van der Waals surface area contributed by atoms with E-state index in [0.717, 1.165) is 5.56 Å². The number of amides is 1. The van der Waals surface area contributed by atoms with Gasteiger partial charge in [0, 0.05) is 5.02 Å². The zero-order valence-corrected chi connectivity index (χ0v) is 13.4. The summed E-state index contributed by atoms with van der Waals surface area (Å²) < 4.78 is 5.36. The Morgan fingerprint density at radius 2 is 2.05 bits per heavy atom. The molecule has 1 amide bonds. The van der Waals surface area contributed by atoms with Gasteiger partial charge in [0.05, 0.1) is 11.1 Å². The van der Waals surface area contributed by atoms with Gasteiger partial charge in [-0.15, -0.1) is 0 Å². The fourth-order valence-corrected chi connectivity index (χ4v) is 2.36. The molecule has 2 aromatic carbocycles. The van der Waals surface area contributed by atoms with E-state index < -0.39 is 0 Å². The van der Waals surface area contributed by atoms with Crippen LogP contribution in [-0.4, -0.2) is 17.6 Å². The highest BCUT2D eigenvalue weighted by atomic mass is 35.5. The smallest absolute Gasteiger partial charge is 0.258 e. The summed E-state index contributed by atoms with van der Waals surface area (Å²) in [4.78, 5) is 11.9. The molecular formula is C16H15Cl2NO3. The maximum atomic E-state index is 11.9. The number of halogens is 2. The number of rotatable bonds is 5. The topological polar surface area (TPSA) is 58.6 Å². The molecule has 0 unspecified atom stereocenters. The molecule has 0 spiro atoms. The van der Waals surface area contributed by atoms with E-state index in [4.69, 9.17) is 27.9 Å². The second kappa shape index (κ2) is 7.38. The molecule has 2 N–H and O–H groups in total. The zero-order valence-electron chi connectivity index (χ0n) is 11.8. The van der Waals surface area contributed by atoms with Crippen LogP contribution in [0, 0.1) is 0 Å². The van der Waals surface area contributed by atoms with E-state index in [0.29, 0.717) is 15.8 Å². The first-order valence-corrected chi connectivity index (χ1v) is 7.37. The molecule has 0 heterocycles. The summed E-state index contributed by atoms with van der Waals surface area (Å²) >= 11 is 11.8. The van der Waals surface area contributed by atoms with E-state index in [1.165, 1.54) is 0 Å². The summed E-state index contributed by atoms with van der Waals surface area (Å²) in [6.07, 6.45) is 0. The van der Waals surface area contributed by atoms with Crippen LogP contribution in [0.15, 0.2) is 42.5 Å². The van der Waals surface area contributed by atoms with Crippen molar-refractivity contribution in [1.29, 1.82) is 0 Å². The number of carbonyl (C=O) groups excluding carboxylic acids is 1. The first kappa shape index (κ1) is 16.5. The molecule has 6 heteroatoms. The number of phenolic OH excluding ortho intramolecular Hbond substituents is 1. The van der Waals surface area contributed by atoms with E-state index >= 15 is 0 Å². The van der Waals surface area contributed by atoms with Crippen LogP contribution in [0.25, 0.3) is 0 Å². The van der Waals surface area contributed by atoms with Crippen molar-refractivity contribution in [2.24, 2.45) is 0 Å². The van der Waals surface area contributed by atoms with Crippen LogP contribution in [0.4, 0.5) is 0 Å². The van der Waals surface area contributed by atoms with Crippen molar-refractivity contribution in [2.45, 2.75) is 13.0 Å². The standard InChI is InChI=1S/C16H15Cl2NO3/c1-10(11-3-2-4-13(20)7-11)19-16(21)9-22-15-6-5-12(17)8-14(15)18/h2-8,10,20H,9H2,1H3,(H,19,21)/t10-/m0/s1. The average Bonchev–Trinajstić information content (AvgIpc) is 2.46. The summed E-state index contributed by atoms with van der Waals surface area (Å²) in [6, 6.07) is 11.3. The number of ether oxygens (including phenoxy) is 1. The minimum absolute atomic E-state index is 0.155. The van der Waals surface area contributed by atoms with Gasteiger partial charge < -0.3 is 15.2 Å². The van der Waals surface area contributed by atoms with Gasteiger partial charge in [0.1, 0.15) is 11.5 Å². The van der Waals surface area contributed by atoms with Gasteiger partial charge in [-0.05, 0) is 42.8 Å². The lowest BCUT2D eigenvalue weighted by molar-refractivity contribution is -0.123. The Hall–Kier alpha value is -1.91. The summed E-state index contributed by atoms with van der Waals surface area (Å²) in [5.74, 6) is 0.260. The van der Waals surface area contributed by atoms with Gasteiger partial charge in [-0.2, -0.15) is 0 Å². The predicted molar refractivity (Wildman–Crippen MR) is 86.6 cm³/mol. The summed E-state index contributed by atoms with van der Waals surface area (Å²) in [5.41, 5.74) is 0.804.